The van der Waals surface area contributed by atoms with Crippen LogP contribution in [0.3, 0.4) is 0 Å². The first-order valence-corrected chi connectivity index (χ1v) is 5.45. The summed E-state index contributed by atoms with van der Waals surface area (Å²) < 4.78 is 42.1. The normalized spacial score (nSPS) is 11.2. The van der Waals surface area contributed by atoms with Crippen molar-refractivity contribution in [2.45, 2.75) is 6.18 Å². The fourth-order valence-electron chi connectivity index (χ4n) is 1.52. The van der Waals surface area contributed by atoms with E-state index in [1.165, 1.54) is 6.07 Å². The highest BCUT2D eigenvalue weighted by Crippen LogP contribution is 2.32. The minimum absolute atomic E-state index is 0.133. The van der Waals surface area contributed by atoms with Crippen LogP contribution in [0, 0.1) is 0 Å². The van der Waals surface area contributed by atoms with E-state index in [0.717, 1.165) is 12.3 Å². The number of carbonyl (C=O) groups is 2. The second-order valence-electron chi connectivity index (χ2n) is 3.90. The topological polar surface area (TPSA) is 92.4 Å². The van der Waals surface area contributed by atoms with Gasteiger partial charge in [-0.05, 0) is 18.2 Å². The summed E-state index contributed by atoms with van der Waals surface area (Å²) in [5.74, 6) is -2.40. The number of aromatic carboxylic acids is 1. The molecular formula is C12H7F3N2O4. The number of alkyl halides is 3. The molecule has 1 aromatic carbocycles. The molecule has 0 aliphatic carbocycles. The molecule has 0 atom stereocenters. The molecule has 0 unspecified atom stereocenters. The molecule has 21 heavy (non-hydrogen) atoms. The molecule has 110 valence electrons. The van der Waals surface area contributed by atoms with Crippen LogP contribution in [0.2, 0.25) is 0 Å². The second-order valence-corrected chi connectivity index (χ2v) is 3.90. The summed E-state index contributed by atoms with van der Waals surface area (Å²) in [6, 6.07) is 3.20. The van der Waals surface area contributed by atoms with Gasteiger partial charge in [-0.25, -0.2) is 4.79 Å². The molecule has 1 heterocycles. The molecule has 0 bridgehead atoms. The molecule has 0 aliphatic rings. The number of carbonyl (C=O) groups excluding carboxylic acids is 1. The second kappa shape index (κ2) is 5.27. The number of carboxylic acid groups (broad SMARTS) is 1. The molecule has 2 N–H and O–H groups in total. The van der Waals surface area contributed by atoms with Crippen LogP contribution >= 0.6 is 0 Å². The molecule has 0 saturated heterocycles. The van der Waals surface area contributed by atoms with E-state index < -0.39 is 29.2 Å². The van der Waals surface area contributed by atoms with E-state index in [0.29, 0.717) is 12.1 Å². The Bertz CT molecular complexity index is 680. The van der Waals surface area contributed by atoms with Gasteiger partial charge in [-0.1, -0.05) is 5.16 Å². The van der Waals surface area contributed by atoms with Gasteiger partial charge in [0.15, 0.2) is 5.69 Å². The molecule has 6 nitrogen and oxygen atoms in total. The average Bonchev–Trinajstić information content (AvgIpc) is 2.91. The molecule has 0 saturated carbocycles. The minimum Gasteiger partial charge on any atom is -0.478 e. The van der Waals surface area contributed by atoms with Crippen molar-refractivity contribution < 1.29 is 32.4 Å². The predicted molar refractivity (Wildman–Crippen MR) is 62.9 cm³/mol. The van der Waals surface area contributed by atoms with E-state index >= 15 is 0 Å². The Morgan fingerprint density at radius 2 is 1.95 bits per heavy atom. The predicted octanol–water partition coefficient (Wildman–Crippen LogP) is 2.64. The van der Waals surface area contributed by atoms with Crippen LogP contribution in [0.1, 0.15) is 26.4 Å². The Kier molecular flexibility index (Phi) is 3.66. The van der Waals surface area contributed by atoms with Crippen LogP contribution < -0.4 is 5.32 Å². The third-order valence-electron chi connectivity index (χ3n) is 2.50. The fourth-order valence-corrected chi connectivity index (χ4v) is 1.52. The van der Waals surface area contributed by atoms with Gasteiger partial charge < -0.3 is 14.9 Å². The maximum absolute atomic E-state index is 12.5. The van der Waals surface area contributed by atoms with Crippen molar-refractivity contribution in [2.24, 2.45) is 0 Å². The van der Waals surface area contributed by atoms with Crippen molar-refractivity contribution in [1.29, 1.82) is 0 Å². The van der Waals surface area contributed by atoms with E-state index in [-0.39, 0.29) is 11.4 Å². The van der Waals surface area contributed by atoms with Crippen LogP contribution in [0.25, 0.3) is 0 Å². The molecule has 2 aromatic rings. The molecule has 0 spiro atoms. The summed E-state index contributed by atoms with van der Waals surface area (Å²) in [5, 5.41) is 14.4. The van der Waals surface area contributed by atoms with E-state index in [9.17, 15) is 22.8 Å². The molecule has 9 heteroatoms. The summed E-state index contributed by atoms with van der Waals surface area (Å²) in [4.78, 5) is 22.7. The highest BCUT2D eigenvalue weighted by molar-refractivity contribution is 6.06. The quantitative estimate of drug-likeness (QED) is 0.909. The molecule has 0 fully saturated rings. The van der Waals surface area contributed by atoms with Gasteiger partial charge in [0.2, 0.25) is 0 Å². The number of hydrogen-bond acceptors (Lipinski definition) is 4. The standard InChI is InChI=1S/C12H7F3N2O4/c13-12(14,15)6-1-2-8(7(5-6)11(19)20)16-10(18)9-3-4-21-17-9/h1-5H,(H,16,18)(H,19,20). The summed E-state index contributed by atoms with van der Waals surface area (Å²) >= 11 is 0. The molecule has 1 amide bonds. The van der Waals surface area contributed by atoms with Crippen LogP contribution in [-0.2, 0) is 6.18 Å². The lowest BCUT2D eigenvalue weighted by molar-refractivity contribution is -0.137. The van der Waals surface area contributed by atoms with Crippen molar-refractivity contribution in [3.05, 3.63) is 47.3 Å². The number of amides is 1. The lowest BCUT2D eigenvalue weighted by Crippen LogP contribution is -2.16. The number of hydrogen-bond donors (Lipinski definition) is 2. The Morgan fingerprint density at radius 1 is 1.24 bits per heavy atom. The van der Waals surface area contributed by atoms with Crippen LogP contribution in [-0.4, -0.2) is 22.1 Å². The number of benzene rings is 1. The Hall–Kier alpha value is -2.84. The van der Waals surface area contributed by atoms with Gasteiger partial charge in [-0.15, -0.1) is 0 Å². The summed E-state index contributed by atoms with van der Waals surface area (Å²) in [6.45, 7) is 0. The Balaban J connectivity index is 2.35. The highest BCUT2D eigenvalue weighted by atomic mass is 19.4. The maximum atomic E-state index is 12.5. The monoisotopic (exact) mass is 300 g/mol. The molecular weight excluding hydrogens is 293 g/mol. The molecule has 1 aromatic heterocycles. The van der Waals surface area contributed by atoms with E-state index in [4.69, 9.17) is 5.11 Å². The van der Waals surface area contributed by atoms with E-state index in [1.54, 1.807) is 0 Å². The number of carboxylic acids is 1. The van der Waals surface area contributed by atoms with Gasteiger partial charge >= 0.3 is 12.1 Å². The van der Waals surface area contributed by atoms with Crippen LogP contribution in [0.5, 0.6) is 0 Å². The van der Waals surface area contributed by atoms with Crippen LogP contribution in [0.15, 0.2) is 35.1 Å². The molecule has 2 rings (SSSR count). The van der Waals surface area contributed by atoms with Gasteiger partial charge in [0.05, 0.1) is 16.8 Å². The largest absolute Gasteiger partial charge is 0.478 e. The van der Waals surface area contributed by atoms with Crippen molar-refractivity contribution in [3.63, 3.8) is 0 Å². The lowest BCUT2D eigenvalue weighted by Gasteiger charge is -2.11. The summed E-state index contributed by atoms with van der Waals surface area (Å²) in [5.41, 5.74) is -2.21. The van der Waals surface area contributed by atoms with Gasteiger partial charge in [-0.3, -0.25) is 4.79 Å². The first kappa shape index (κ1) is 14.6. The first-order chi connectivity index (χ1) is 9.79. The SMILES string of the molecule is O=C(Nc1ccc(C(F)(F)F)cc1C(=O)O)c1ccon1. The van der Waals surface area contributed by atoms with E-state index in [2.05, 4.69) is 15.0 Å². The van der Waals surface area contributed by atoms with Crippen molar-refractivity contribution in [2.75, 3.05) is 5.32 Å². The zero-order valence-corrected chi connectivity index (χ0v) is 10.1. The van der Waals surface area contributed by atoms with Gasteiger partial charge in [-0.2, -0.15) is 13.2 Å². The first-order valence-electron chi connectivity index (χ1n) is 5.45. The zero-order valence-electron chi connectivity index (χ0n) is 10.1. The summed E-state index contributed by atoms with van der Waals surface area (Å²) in [6.07, 6.45) is -3.56. The van der Waals surface area contributed by atoms with Gasteiger partial charge in [0, 0.05) is 6.07 Å². The highest BCUT2D eigenvalue weighted by Gasteiger charge is 2.32. The molecule has 0 aliphatic heterocycles. The number of nitrogens with zero attached hydrogens (tertiary/aromatic N) is 1. The van der Waals surface area contributed by atoms with Crippen molar-refractivity contribution in [1.82, 2.24) is 5.16 Å². The Morgan fingerprint density at radius 3 is 2.48 bits per heavy atom. The minimum atomic E-state index is -4.68. The number of aromatic nitrogens is 1. The third kappa shape index (κ3) is 3.19. The summed E-state index contributed by atoms with van der Waals surface area (Å²) in [7, 11) is 0. The molecule has 0 radical (unpaired) electrons. The number of anilines is 1. The van der Waals surface area contributed by atoms with Crippen molar-refractivity contribution in [3.8, 4) is 0 Å². The Labute approximate surface area is 115 Å². The van der Waals surface area contributed by atoms with Gasteiger partial charge in [0.25, 0.3) is 5.91 Å². The van der Waals surface area contributed by atoms with Crippen molar-refractivity contribution >= 4 is 17.6 Å². The van der Waals surface area contributed by atoms with Gasteiger partial charge in [0.1, 0.15) is 6.26 Å². The van der Waals surface area contributed by atoms with Crippen LogP contribution in [0.4, 0.5) is 18.9 Å². The lowest BCUT2D eigenvalue weighted by atomic mass is 10.1. The van der Waals surface area contributed by atoms with E-state index in [1.807, 2.05) is 0 Å². The zero-order chi connectivity index (χ0) is 15.6. The number of nitrogens with one attached hydrogen (secondary N) is 1. The fraction of sp³-hybridized carbons (Fsp3) is 0.0833. The number of rotatable bonds is 3. The average molecular weight is 300 g/mol. The maximum Gasteiger partial charge on any atom is 0.416 e. The smallest absolute Gasteiger partial charge is 0.416 e. The number of halogens is 3. The third-order valence-corrected chi connectivity index (χ3v) is 2.50.